The zero-order chi connectivity index (χ0) is 10.8. The minimum Gasteiger partial charge on any atom is -0.732 e. The molecule has 0 radical (unpaired) electrons. The molecule has 0 spiro atoms. The van der Waals surface area contributed by atoms with Gasteiger partial charge in [0, 0.05) is 12.3 Å². The summed E-state index contributed by atoms with van der Waals surface area (Å²) in [4.78, 5) is 10.1. The van der Waals surface area contributed by atoms with Gasteiger partial charge in [0.2, 0.25) is 5.82 Å². The predicted octanol–water partition coefficient (Wildman–Crippen LogP) is 1.36. The van der Waals surface area contributed by atoms with E-state index < -0.39 is 17.8 Å². The fourth-order valence-electron chi connectivity index (χ4n) is 0.681. The number of hydrogen-bond donors (Lipinski definition) is 0. The van der Waals surface area contributed by atoms with Crippen LogP contribution in [0.15, 0.2) is 12.3 Å². The van der Waals surface area contributed by atoms with Crippen LogP contribution in [0.2, 0.25) is 0 Å². The zero-order valence-corrected chi connectivity index (χ0v) is 6.95. The molecule has 1 rings (SSSR count). The third-order valence-electron chi connectivity index (χ3n) is 1.25. The lowest BCUT2D eigenvalue weighted by atomic mass is 10.5. The fraction of sp³-hybridized carbons (Fsp3) is 0.333. The van der Waals surface area contributed by atoms with Crippen molar-refractivity contribution in [1.82, 2.24) is 9.97 Å². The summed E-state index contributed by atoms with van der Waals surface area (Å²) in [5, 5.41) is 10.6. The van der Waals surface area contributed by atoms with Crippen molar-refractivity contribution in [2.24, 2.45) is 0 Å². The number of halogens is 3. The van der Waals surface area contributed by atoms with E-state index in [0.29, 0.717) is 0 Å². The Balaban J connectivity index is 3.01. The van der Waals surface area contributed by atoms with Gasteiger partial charge in [0.05, 0.1) is 7.11 Å². The molecule has 0 saturated carbocycles. The largest absolute Gasteiger partial charge is 0.732 e. The number of aromatic nitrogens is 2. The lowest BCUT2D eigenvalue weighted by molar-refractivity contribution is -0.144. The molecule has 0 saturated heterocycles. The molecule has 8 heteroatoms. The average Bonchev–Trinajstić information content (AvgIpc) is 2.15. The Bertz CT molecular complexity index is 317. The molecule has 0 aliphatic carbocycles. The van der Waals surface area contributed by atoms with Crippen LogP contribution in [0, 0.1) is 5.21 Å². The summed E-state index contributed by atoms with van der Waals surface area (Å²) < 4.78 is 36.1. The molecule has 14 heavy (non-hydrogen) atoms. The van der Waals surface area contributed by atoms with E-state index >= 15 is 0 Å². The highest BCUT2D eigenvalue weighted by molar-refractivity contribution is 5.34. The van der Waals surface area contributed by atoms with E-state index in [9.17, 15) is 18.4 Å². The molecule has 0 aromatic carbocycles. The molecule has 1 aromatic rings. The van der Waals surface area contributed by atoms with Gasteiger partial charge in [-0.3, -0.25) is 4.84 Å². The maximum absolute atomic E-state index is 12.0. The Labute approximate surface area is 76.7 Å². The summed E-state index contributed by atoms with van der Waals surface area (Å²) in [6, 6.07) is 1.01. The first-order chi connectivity index (χ1) is 6.45. The quantitative estimate of drug-likeness (QED) is 0.686. The summed E-state index contributed by atoms with van der Waals surface area (Å²) in [6.45, 7) is 0. The molecule has 1 heterocycles. The molecule has 0 aliphatic heterocycles. The lowest BCUT2D eigenvalue weighted by Crippen LogP contribution is -2.17. The molecule has 78 valence electrons. The van der Waals surface area contributed by atoms with Crippen LogP contribution in [-0.2, 0) is 11.0 Å². The second-order valence-electron chi connectivity index (χ2n) is 2.18. The van der Waals surface area contributed by atoms with Crippen molar-refractivity contribution in [3.8, 4) is 0 Å². The first-order valence-electron chi connectivity index (χ1n) is 3.36. The Morgan fingerprint density at radius 3 is 2.64 bits per heavy atom. The SMILES string of the molecule is CON([O-])c1ccnc(C(F)(F)F)n1. The average molecular weight is 208 g/mol. The Kier molecular flexibility index (Phi) is 2.87. The van der Waals surface area contributed by atoms with Crippen molar-refractivity contribution >= 4 is 5.82 Å². The second-order valence-corrected chi connectivity index (χ2v) is 2.18. The Hall–Kier alpha value is -1.41. The van der Waals surface area contributed by atoms with E-state index in [4.69, 9.17) is 0 Å². The summed E-state index contributed by atoms with van der Waals surface area (Å²) in [7, 11) is 1.02. The Morgan fingerprint density at radius 2 is 2.14 bits per heavy atom. The third-order valence-corrected chi connectivity index (χ3v) is 1.25. The van der Waals surface area contributed by atoms with Crippen LogP contribution in [0.4, 0.5) is 19.0 Å². The molecule has 0 amide bonds. The van der Waals surface area contributed by atoms with Crippen molar-refractivity contribution in [2.75, 3.05) is 12.3 Å². The molecule has 0 fully saturated rings. The molecule has 0 aliphatic rings. The van der Waals surface area contributed by atoms with Gasteiger partial charge in [0.25, 0.3) is 0 Å². The number of anilines is 1. The second kappa shape index (κ2) is 3.76. The molecule has 0 unspecified atom stereocenters. The zero-order valence-electron chi connectivity index (χ0n) is 6.95. The van der Waals surface area contributed by atoms with Crippen LogP contribution in [-0.4, -0.2) is 17.1 Å². The van der Waals surface area contributed by atoms with E-state index in [-0.39, 0.29) is 5.23 Å². The standard InChI is InChI=1S/C6H5F3N3O2/c1-14-12(13)4-2-3-10-5(11-4)6(7,8)9/h2-3H,1H3/q-1. The molecule has 0 atom stereocenters. The van der Waals surface area contributed by atoms with Crippen LogP contribution < -0.4 is 5.23 Å². The molecular formula is C6H5F3N3O2-. The van der Waals surface area contributed by atoms with Gasteiger partial charge < -0.3 is 10.4 Å². The van der Waals surface area contributed by atoms with Crippen molar-refractivity contribution < 1.29 is 18.0 Å². The molecule has 5 nitrogen and oxygen atoms in total. The minimum absolute atomic E-state index is 0.142. The van der Waals surface area contributed by atoms with Crippen molar-refractivity contribution in [3.05, 3.63) is 23.3 Å². The highest BCUT2D eigenvalue weighted by Crippen LogP contribution is 2.26. The van der Waals surface area contributed by atoms with Crippen LogP contribution in [0.25, 0.3) is 0 Å². The highest BCUT2D eigenvalue weighted by Gasteiger charge is 2.34. The van der Waals surface area contributed by atoms with E-state index in [1.54, 1.807) is 0 Å². The van der Waals surface area contributed by atoms with Gasteiger partial charge in [-0.15, -0.1) is 0 Å². The summed E-state index contributed by atoms with van der Waals surface area (Å²) in [5.74, 6) is -1.89. The number of nitrogens with zero attached hydrogens (tertiary/aromatic N) is 3. The molecule has 0 bridgehead atoms. The first kappa shape index (κ1) is 10.7. The maximum Gasteiger partial charge on any atom is 0.451 e. The molecular weight excluding hydrogens is 203 g/mol. The number of rotatable bonds is 2. The van der Waals surface area contributed by atoms with E-state index in [1.165, 1.54) is 0 Å². The van der Waals surface area contributed by atoms with Gasteiger partial charge >= 0.3 is 6.18 Å². The highest BCUT2D eigenvalue weighted by atomic mass is 19.4. The van der Waals surface area contributed by atoms with Crippen molar-refractivity contribution in [1.29, 1.82) is 0 Å². The van der Waals surface area contributed by atoms with Crippen LogP contribution >= 0.6 is 0 Å². The monoisotopic (exact) mass is 208 g/mol. The van der Waals surface area contributed by atoms with Gasteiger partial charge in [-0.05, 0) is 0 Å². The van der Waals surface area contributed by atoms with Gasteiger partial charge in [0.15, 0.2) is 0 Å². The lowest BCUT2D eigenvalue weighted by Gasteiger charge is -2.25. The van der Waals surface area contributed by atoms with E-state index in [2.05, 4.69) is 14.8 Å². The number of hydrogen-bond acceptors (Lipinski definition) is 5. The normalized spacial score (nSPS) is 11.5. The Morgan fingerprint density at radius 1 is 1.50 bits per heavy atom. The van der Waals surface area contributed by atoms with Crippen LogP contribution in [0.5, 0.6) is 0 Å². The summed E-state index contributed by atoms with van der Waals surface area (Å²) >= 11 is 0. The molecule has 1 aromatic heterocycles. The predicted molar refractivity (Wildman–Crippen MR) is 39.9 cm³/mol. The fourth-order valence-corrected chi connectivity index (χ4v) is 0.681. The number of alkyl halides is 3. The topological polar surface area (TPSA) is 61.3 Å². The first-order valence-corrected chi connectivity index (χ1v) is 3.36. The third kappa shape index (κ3) is 2.30. The van der Waals surface area contributed by atoms with E-state index in [1.807, 2.05) is 0 Å². The van der Waals surface area contributed by atoms with Crippen molar-refractivity contribution in [2.45, 2.75) is 6.18 Å². The van der Waals surface area contributed by atoms with E-state index in [0.717, 1.165) is 19.4 Å². The maximum atomic E-state index is 12.0. The summed E-state index contributed by atoms with van der Waals surface area (Å²) in [5.41, 5.74) is 0. The molecule has 0 N–H and O–H groups in total. The van der Waals surface area contributed by atoms with Crippen LogP contribution in [0.1, 0.15) is 5.82 Å². The summed E-state index contributed by atoms with van der Waals surface area (Å²) in [6.07, 6.45) is -3.85. The van der Waals surface area contributed by atoms with Gasteiger partial charge in [-0.1, -0.05) is 0 Å². The smallest absolute Gasteiger partial charge is 0.451 e. The van der Waals surface area contributed by atoms with Gasteiger partial charge in [-0.25, -0.2) is 9.97 Å². The van der Waals surface area contributed by atoms with Crippen LogP contribution in [0.3, 0.4) is 0 Å². The van der Waals surface area contributed by atoms with Gasteiger partial charge in [0.1, 0.15) is 5.82 Å². The van der Waals surface area contributed by atoms with Crippen molar-refractivity contribution in [3.63, 3.8) is 0 Å². The minimum atomic E-state index is -4.68. The van der Waals surface area contributed by atoms with Gasteiger partial charge in [-0.2, -0.15) is 13.2 Å².